The summed E-state index contributed by atoms with van der Waals surface area (Å²) in [6.07, 6.45) is 0.954. The van der Waals surface area contributed by atoms with Crippen molar-refractivity contribution in [3.8, 4) is 0 Å². The minimum Gasteiger partial charge on any atom is -0.368 e. The summed E-state index contributed by atoms with van der Waals surface area (Å²) in [5, 5.41) is 0.763. The van der Waals surface area contributed by atoms with Crippen LogP contribution in [0.15, 0.2) is 24.3 Å². The molecule has 0 aliphatic carbocycles. The molecule has 1 aromatic carbocycles. The first-order valence-electron chi connectivity index (χ1n) is 3.86. The highest BCUT2D eigenvalue weighted by Gasteiger charge is 2.00. The van der Waals surface area contributed by atoms with Crippen LogP contribution in [0.1, 0.15) is 19.4 Å². The lowest BCUT2D eigenvalue weighted by Crippen LogP contribution is -1.95. The molecule has 1 nitrogen and oxygen atoms in total. The van der Waals surface area contributed by atoms with E-state index in [1.807, 2.05) is 38.1 Å². The quantitative estimate of drug-likeness (QED) is 0.698. The lowest BCUT2D eigenvalue weighted by Gasteiger charge is -2.07. The number of ether oxygens (including phenoxy) is 1. The Labute approximate surface area is 78.3 Å². The highest BCUT2D eigenvalue weighted by molar-refractivity contribution is 6.31. The van der Waals surface area contributed by atoms with Crippen LogP contribution in [0.2, 0.25) is 5.02 Å². The van der Waals surface area contributed by atoms with Crippen molar-refractivity contribution in [1.29, 1.82) is 0 Å². The Balaban J connectivity index is 2.57. The molecule has 0 N–H and O–H groups in total. The van der Waals surface area contributed by atoms with Gasteiger partial charge in [-0.3, -0.25) is 0 Å². The van der Waals surface area contributed by atoms with E-state index in [0.29, 0.717) is 6.61 Å². The number of hydrogen-bond donors (Lipinski definition) is 0. The molecular weight excluding hydrogens is 172 g/mol. The number of hydrogen-bond acceptors (Lipinski definition) is 1. The summed E-state index contributed by atoms with van der Waals surface area (Å²) >= 11 is 5.92. The minimum absolute atomic E-state index is 0.558. The molecule has 0 fully saturated rings. The van der Waals surface area contributed by atoms with Crippen LogP contribution in [-0.4, -0.2) is 0 Å². The number of benzene rings is 1. The van der Waals surface area contributed by atoms with Gasteiger partial charge in [0.15, 0.2) is 0 Å². The second-order valence-corrected chi connectivity index (χ2v) is 3.20. The molecular formula is C10H12ClO. The fraction of sp³-hybridized carbons (Fsp3) is 0.300. The molecule has 1 rings (SSSR count). The maximum Gasteiger partial charge on any atom is 0.0914 e. The zero-order valence-electron chi connectivity index (χ0n) is 7.30. The van der Waals surface area contributed by atoms with E-state index >= 15 is 0 Å². The van der Waals surface area contributed by atoms with Crippen molar-refractivity contribution in [2.75, 3.05) is 0 Å². The van der Waals surface area contributed by atoms with E-state index in [2.05, 4.69) is 0 Å². The molecule has 12 heavy (non-hydrogen) atoms. The van der Waals surface area contributed by atoms with Crippen LogP contribution < -0.4 is 0 Å². The smallest absolute Gasteiger partial charge is 0.0914 e. The van der Waals surface area contributed by atoms with Crippen molar-refractivity contribution in [1.82, 2.24) is 0 Å². The van der Waals surface area contributed by atoms with Gasteiger partial charge in [-0.15, -0.1) is 0 Å². The monoisotopic (exact) mass is 183 g/mol. The van der Waals surface area contributed by atoms with Crippen LogP contribution in [-0.2, 0) is 11.3 Å². The van der Waals surface area contributed by atoms with Crippen molar-refractivity contribution in [3.05, 3.63) is 41.0 Å². The average Bonchev–Trinajstić information content (AvgIpc) is 2.03. The molecule has 0 bridgehead atoms. The molecule has 0 spiro atoms. The molecule has 0 saturated heterocycles. The minimum atomic E-state index is 0.558. The van der Waals surface area contributed by atoms with E-state index in [1.54, 1.807) is 0 Å². The fourth-order valence-electron chi connectivity index (χ4n) is 0.838. The van der Waals surface area contributed by atoms with Gasteiger partial charge >= 0.3 is 0 Å². The Morgan fingerprint density at radius 1 is 1.33 bits per heavy atom. The van der Waals surface area contributed by atoms with Gasteiger partial charge in [-0.1, -0.05) is 29.8 Å². The first-order valence-corrected chi connectivity index (χ1v) is 4.24. The van der Waals surface area contributed by atoms with E-state index < -0.39 is 0 Å². The summed E-state index contributed by atoms with van der Waals surface area (Å²) in [5.41, 5.74) is 1.03. The SMILES string of the molecule is C[C](C)OCc1ccccc1Cl. The van der Waals surface area contributed by atoms with Gasteiger partial charge in [-0.05, 0) is 25.5 Å². The molecule has 1 radical (unpaired) electrons. The van der Waals surface area contributed by atoms with Crippen molar-refractivity contribution < 1.29 is 4.74 Å². The number of halogens is 1. The molecule has 1 aromatic rings. The Bertz CT molecular complexity index is 245. The summed E-state index contributed by atoms with van der Waals surface area (Å²) in [4.78, 5) is 0. The third kappa shape index (κ3) is 2.84. The third-order valence-corrected chi connectivity index (χ3v) is 1.84. The van der Waals surface area contributed by atoms with Gasteiger partial charge in [0, 0.05) is 5.02 Å². The summed E-state index contributed by atoms with van der Waals surface area (Å²) in [5.74, 6) is 0. The molecule has 0 unspecified atom stereocenters. The predicted octanol–water partition coefficient (Wildman–Crippen LogP) is 3.43. The van der Waals surface area contributed by atoms with Crippen LogP contribution in [0, 0.1) is 6.10 Å². The maximum absolute atomic E-state index is 5.92. The molecule has 0 saturated carbocycles. The Kier molecular flexibility index (Phi) is 3.57. The largest absolute Gasteiger partial charge is 0.368 e. The molecule has 0 aromatic heterocycles. The highest BCUT2D eigenvalue weighted by atomic mass is 35.5. The van der Waals surface area contributed by atoms with E-state index in [9.17, 15) is 0 Å². The lowest BCUT2D eigenvalue weighted by molar-refractivity contribution is 0.143. The van der Waals surface area contributed by atoms with Crippen LogP contribution in [0.5, 0.6) is 0 Å². The first kappa shape index (κ1) is 9.56. The highest BCUT2D eigenvalue weighted by Crippen LogP contribution is 2.17. The van der Waals surface area contributed by atoms with Gasteiger partial charge in [-0.25, -0.2) is 0 Å². The van der Waals surface area contributed by atoms with E-state index in [0.717, 1.165) is 16.7 Å². The van der Waals surface area contributed by atoms with Crippen LogP contribution in [0.4, 0.5) is 0 Å². The third-order valence-electron chi connectivity index (χ3n) is 1.47. The average molecular weight is 184 g/mol. The van der Waals surface area contributed by atoms with Gasteiger partial charge in [-0.2, -0.15) is 0 Å². The second-order valence-electron chi connectivity index (χ2n) is 2.79. The molecule has 0 heterocycles. The summed E-state index contributed by atoms with van der Waals surface area (Å²) in [6.45, 7) is 4.41. The molecule has 0 aliphatic heterocycles. The molecule has 0 aliphatic rings. The van der Waals surface area contributed by atoms with Crippen molar-refractivity contribution in [2.45, 2.75) is 20.5 Å². The zero-order chi connectivity index (χ0) is 8.97. The van der Waals surface area contributed by atoms with Crippen molar-refractivity contribution in [3.63, 3.8) is 0 Å². The second kappa shape index (κ2) is 4.48. The molecule has 0 atom stereocenters. The van der Waals surface area contributed by atoms with E-state index in [4.69, 9.17) is 16.3 Å². The van der Waals surface area contributed by atoms with Gasteiger partial charge in [0.1, 0.15) is 0 Å². The Hall–Kier alpha value is -0.530. The number of rotatable bonds is 3. The maximum atomic E-state index is 5.92. The van der Waals surface area contributed by atoms with Crippen LogP contribution in [0.25, 0.3) is 0 Å². The topological polar surface area (TPSA) is 9.23 Å². The lowest BCUT2D eigenvalue weighted by atomic mass is 10.2. The van der Waals surface area contributed by atoms with Gasteiger partial charge < -0.3 is 4.74 Å². The summed E-state index contributed by atoms with van der Waals surface area (Å²) in [6, 6.07) is 7.69. The molecule has 65 valence electrons. The van der Waals surface area contributed by atoms with E-state index in [1.165, 1.54) is 0 Å². The first-order chi connectivity index (χ1) is 5.70. The van der Waals surface area contributed by atoms with Crippen LogP contribution >= 0.6 is 11.6 Å². The fourth-order valence-corrected chi connectivity index (χ4v) is 1.03. The van der Waals surface area contributed by atoms with Gasteiger partial charge in [0.25, 0.3) is 0 Å². The van der Waals surface area contributed by atoms with Crippen molar-refractivity contribution in [2.24, 2.45) is 0 Å². The standard InChI is InChI=1S/C10H12ClO/c1-8(2)12-7-9-5-3-4-6-10(9)11/h3-6H,7H2,1-2H3. The zero-order valence-corrected chi connectivity index (χ0v) is 8.06. The van der Waals surface area contributed by atoms with Gasteiger partial charge in [0.2, 0.25) is 0 Å². The molecule has 0 amide bonds. The summed E-state index contributed by atoms with van der Waals surface area (Å²) in [7, 11) is 0. The normalized spacial score (nSPS) is 10.7. The Morgan fingerprint density at radius 3 is 2.58 bits per heavy atom. The van der Waals surface area contributed by atoms with Crippen LogP contribution in [0.3, 0.4) is 0 Å². The van der Waals surface area contributed by atoms with Gasteiger partial charge in [0.05, 0.1) is 12.7 Å². The van der Waals surface area contributed by atoms with Crippen molar-refractivity contribution >= 4 is 11.6 Å². The Morgan fingerprint density at radius 2 is 2.00 bits per heavy atom. The summed E-state index contributed by atoms with van der Waals surface area (Å²) < 4.78 is 5.34. The molecule has 2 heteroatoms. The predicted molar refractivity (Wildman–Crippen MR) is 50.8 cm³/mol. The van der Waals surface area contributed by atoms with E-state index in [-0.39, 0.29) is 0 Å².